The zero-order valence-corrected chi connectivity index (χ0v) is 45.0. The van der Waals surface area contributed by atoms with Crippen molar-refractivity contribution in [1.82, 2.24) is 40.4 Å². The number of nitrogens with one attached hydrogen (secondary N) is 4. The van der Waals surface area contributed by atoms with Crippen LogP contribution in [0, 0.1) is 26.2 Å². The summed E-state index contributed by atoms with van der Waals surface area (Å²) in [5.41, 5.74) is 5.55. The smallest absolute Gasteiger partial charge is 0.267 e. The van der Waals surface area contributed by atoms with E-state index in [0.29, 0.717) is 71.4 Å². The summed E-state index contributed by atoms with van der Waals surface area (Å²) in [6.45, 7) is 14.1. The largest absolute Gasteiger partial charge is 0.391 e. The molecule has 20 heteroatoms. The van der Waals surface area contributed by atoms with Crippen molar-refractivity contribution < 1.29 is 29.1 Å². The molecular formula is C53H68ClN11O6S2. The SMILES string of the molecule is Cc1nc(Nc2ncc(C(=O)Nc3c(C)cccc3Cl)s2)cc(N2CCN(C(=O)CCCCCCCCCC(=O)N[C@H](C(=O)N3C[C@H](O)C[C@H]3C(=O)NCc3ccc(-c4scnc4C)cc3)C(C)(C)C)CC2)n1. The first kappa shape index (κ1) is 54.7. The molecule has 5 aromatic rings. The summed E-state index contributed by atoms with van der Waals surface area (Å²) >= 11 is 9.09. The third-order valence-electron chi connectivity index (χ3n) is 13.2. The number of benzene rings is 2. The Morgan fingerprint density at radius 2 is 1.58 bits per heavy atom. The first-order valence-electron chi connectivity index (χ1n) is 25.2. The number of amides is 5. The summed E-state index contributed by atoms with van der Waals surface area (Å²) < 4.78 is 0. The van der Waals surface area contributed by atoms with Gasteiger partial charge in [0.15, 0.2) is 5.13 Å². The van der Waals surface area contributed by atoms with Crippen molar-refractivity contribution >= 4 is 86.3 Å². The Kier molecular flexibility index (Phi) is 19.0. The third-order valence-corrected chi connectivity index (χ3v) is 15.4. The maximum Gasteiger partial charge on any atom is 0.267 e. The van der Waals surface area contributed by atoms with Gasteiger partial charge in [0, 0.05) is 64.6 Å². The first-order valence-corrected chi connectivity index (χ1v) is 27.2. The van der Waals surface area contributed by atoms with Crippen molar-refractivity contribution in [1.29, 1.82) is 0 Å². The van der Waals surface area contributed by atoms with Crippen molar-refractivity contribution in [3.63, 3.8) is 0 Å². The van der Waals surface area contributed by atoms with Crippen LogP contribution in [0.5, 0.6) is 0 Å². The summed E-state index contributed by atoms with van der Waals surface area (Å²) in [5.74, 6) is 0.826. The number of para-hydroxylation sites is 1. The van der Waals surface area contributed by atoms with E-state index in [1.165, 1.54) is 22.4 Å². The number of hydrogen-bond donors (Lipinski definition) is 5. The number of anilines is 4. The molecular weight excluding hydrogens is 986 g/mol. The van der Waals surface area contributed by atoms with E-state index in [1.807, 2.05) is 94.4 Å². The average molecular weight is 1050 g/mol. The summed E-state index contributed by atoms with van der Waals surface area (Å²) in [7, 11) is 0. The van der Waals surface area contributed by atoms with Crippen molar-refractivity contribution in [3.05, 3.63) is 92.8 Å². The van der Waals surface area contributed by atoms with Gasteiger partial charge < -0.3 is 41.1 Å². The van der Waals surface area contributed by atoms with Gasteiger partial charge in [-0.25, -0.2) is 19.9 Å². The van der Waals surface area contributed by atoms with Gasteiger partial charge in [-0.15, -0.1) is 11.3 Å². The molecule has 0 radical (unpaired) electrons. The number of carbonyl (C=O) groups excluding carboxylic acids is 5. The van der Waals surface area contributed by atoms with Crippen LogP contribution in [-0.2, 0) is 25.7 Å². The predicted octanol–water partition coefficient (Wildman–Crippen LogP) is 8.60. The number of aryl methyl sites for hydroxylation is 3. The van der Waals surface area contributed by atoms with E-state index < -0.39 is 23.6 Å². The Labute approximate surface area is 441 Å². The summed E-state index contributed by atoms with van der Waals surface area (Å²) in [5, 5.41) is 23.6. The molecule has 0 spiro atoms. The van der Waals surface area contributed by atoms with Crippen LogP contribution >= 0.6 is 34.3 Å². The number of carbonyl (C=O) groups is 5. The fourth-order valence-electron chi connectivity index (χ4n) is 9.09. The van der Waals surface area contributed by atoms with Gasteiger partial charge in [0.2, 0.25) is 23.6 Å². The van der Waals surface area contributed by atoms with E-state index in [2.05, 4.69) is 46.1 Å². The number of aliphatic hydroxyl groups is 1. The standard InChI is InChI=1S/C53H68ClN11O6S2/c1-33-15-14-16-39(54)46(33)62-50(70)41-30-56-52(73-41)60-42-28-43(59-35(3)58-42)63-23-25-64(26-24-63)45(68)18-13-11-9-7-8-10-12-17-44(67)61-48(53(4,5)6)51(71)65-31-38(66)27-40(65)49(69)55-29-36-19-21-37(22-20-36)47-34(2)57-32-72-47/h14-16,19-22,28,30,32,38,40,48,66H,7-13,17-18,23-27,29,31H2,1-6H3,(H,55,69)(H,61,67)(H,62,70)(H,56,58,59,60)/t38-,40+,48-/m1/s1. The van der Waals surface area contributed by atoms with Gasteiger partial charge in [-0.05, 0) is 61.8 Å². The molecule has 2 fully saturated rings. The van der Waals surface area contributed by atoms with Crippen molar-refractivity contribution in [2.75, 3.05) is 48.3 Å². The molecule has 0 saturated carbocycles. The third kappa shape index (κ3) is 15.0. The van der Waals surface area contributed by atoms with Crippen molar-refractivity contribution in [2.24, 2.45) is 5.41 Å². The fraction of sp³-hybridized carbons (Fsp3) is 0.491. The second-order valence-corrected chi connectivity index (χ2v) is 22.3. The van der Waals surface area contributed by atoms with Crippen LogP contribution in [0.25, 0.3) is 10.4 Å². The number of likely N-dealkylation sites (tertiary alicyclic amines) is 1. The second kappa shape index (κ2) is 25.3. The Bertz CT molecular complexity index is 2700. The normalized spacial score (nSPS) is 16.3. The lowest BCUT2D eigenvalue weighted by Gasteiger charge is -2.35. The number of β-amino-alcohol motifs (C(OH)–C–C–N with tert-alkyl or cyclic N) is 1. The molecule has 0 unspecified atom stereocenters. The molecule has 5 amide bonds. The molecule has 390 valence electrons. The lowest BCUT2D eigenvalue weighted by molar-refractivity contribution is -0.144. The van der Waals surface area contributed by atoms with Gasteiger partial charge in [-0.3, -0.25) is 24.0 Å². The minimum atomic E-state index is -0.867. The van der Waals surface area contributed by atoms with Gasteiger partial charge in [-0.1, -0.05) is 112 Å². The molecule has 3 atom stereocenters. The van der Waals surface area contributed by atoms with Gasteiger partial charge in [0.05, 0.1) is 39.1 Å². The van der Waals surface area contributed by atoms with Crippen LogP contribution in [-0.4, -0.2) is 115 Å². The molecule has 7 rings (SSSR count). The molecule has 2 saturated heterocycles. The molecule has 0 bridgehead atoms. The molecule has 73 heavy (non-hydrogen) atoms. The topological polar surface area (TPSA) is 215 Å². The Hall–Kier alpha value is -6.02. The van der Waals surface area contributed by atoms with Crippen LogP contribution in [0.1, 0.15) is 117 Å². The highest BCUT2D eigenvalue weighted by atomic mass is 35.5. The number of aliphatic hydroxyl groups excluding tert-OH is 1. The van der Waals surface area contributed by atoms with Gasteiger partial charge >= 0.3 is 0 Å². The number of unbranched alkanes of at least 4 members (excludes halogenated alkanes) is 6. The van der Waals surface area contributed by atoms with Gasteiger partial charge in [0.25, 0.3) is 5.91 Å². The highest BCUT2D eigenvalue weighted by Gasteiger charge is 2.44. The molecule has 2 aliphatic rings. The van der Waals surface area contributed by atoms with E-state index in [4.69, 9.17) is 11.6 Å². The highest BCUT2D eigenvalue weighted by molar-refractivity contribution is 7.17. The number of piperazine rings is 1. The zero-order chi connectivity index (χ0) is 52.2. The molecule has 5 N–H and O–H groups in total. The molecule has 5 heterocycles. The highest BCUT2D eigenvalue weighted by Crippen LogP contribution is 2.31. The van der Waals surface area contributed by atoms with E-state index >= 15 is 0 Å². The van der Waals surface area contributed by atoms with Crippen LogP contribution in [0.3, 0.4) is 0 Å². The molecule has 17 nitrogen and oxygen atoms in total. The van der Waals surface area contributed by atoms with Crippen LogP contribution in [0.4, 0.5) is 22.5 Å². The molecule has 2 aromatic carbocycles. The van der Waals surface area contributed by atoms with Crippen LogP contribution < -0.4 is 26.2 Å². The van der Waals surface area contributed by atoms with Crippen molar-refractivity contribution in [3.8, 4) is 10.4 Å². The maximum atomic E-state index is 14.0. The maximum absolute atomic E-state index is 14.0. The number of rotatable bonds is 21. The van der Waals surface area contributed by atoms with Crippen LogP contribution in [0.15, 0.2) is 60.2 Å². The number of aromatic nitrogens is 4. The Balaban J connectivity index is 0.761. The quantitative estimate of drug-likeness (QED) is 0.0437. The Morgan fingerprint density at radius 3 is 2.25 bits per heavy atom. The van der Waals surface area contributed by atoms with Crippen LogP contribution in [0.2, 0.25) is 5.02 Å². The summed E-state index contributed by atoms with van der Waals surface area (Å²) in [6, 6.07) is 13.5. The number of hydrogen-bond acceptors (Lipinski definition) is 14. The minimum absolute atomic E-state index is 0.0218. The molecule has 3 aromatic heterocycles. The number of nitrogens with zero attached hydrogens (tertiary/aromatic N) is 7. The summed E-state index contributed by atoms with van der Waals surface area (Å²) in [4.78, 5) is 91.8. The minimum Gasteiger partial charge on any atom is -0.391 e. The molecule has 0 aliphatic carbocycles. The predicted molar refractivity (Wildman–Crippen MR) is 288 cm³/mol. The van der Waals surface area contributed by atoms with Crippen molar-refractivity contribution in [2.45, 2.75) is 130 Å². The second-order valence-electron chi connectivity index (χ2n) is 20.0. The average Bonchev–Trinajstić information content (AvgIpc) is 4.12. The fourth-order valence-corrected chi connectivity index (χ4v) is 10.9. The lowest BCUT2D eigenvalue weighted by Crippen LogP contribution is -2.57. The Morgan fingerprint density at radius 1 is 0.877 bits per heavy atom. The monoisotopic (exact) mass is 1050 g/mol. The number of thiazole rings is 2. The van der Waals surface area contributed by atoms with E-state index in [9.17, 15) is 29.1 Å². The van der Waals surface area contributed by atoms with Gasteiger partial charge in [0.1, 0.15) is 34.4 Å². The number of halogens is 1. The first-order chi connectivity index (χ1) is 34.9. The van der Waals surface area contributed by atoms with E-state index in [1.54, 1.807) is 17.4 Å². The van der Waals surface area contributed by atoms with Gasteiger partial charge in [-0.2, -0.15) is 0 Å². The lowest BCUT2D eigenvalue weighted by atomic mass is 9.85. The van der Waals surface area contributed by atoms with E-state index in [0.717, 1.165) is 71.6 Å². The summed E-state index contributed by atoms with van der Waals surface area (Å²) in [6.07, 6.45) is 7.90. The van der Waals surface area contributed by atoms with E-state index in [-0.39, 0.29) is 55.5 Å². The molecule has 2 aliphatic heterocycles. The zero-order valence-electron chi connectivity index (χ0n) is 42.6.